The van der Waals surface area contributed by atoms with Crippen LogP contribution in [0.15, 0.2) is 0 Å². The third kappa shape index (κ3) is 2.86. The Labute approximate surface area is 132 Å². The van der Waals surface area contributed by atoms with Crippen molar-refractivity contribution in [3.63, 3.8) is 0 Å². The second-order valence-corrected chi connectivity index (χ2v) is 9.57. The topological polar surface area (TPSA) is 46.3 Å². The third-order valence-corrected chi connectivity index (χ3v) is 7.80. The Balaban J connectivity index is 1.35. The quantitative estimate of drug-likeness (QED) is 0.872. The smallest absolute Gasteiger partial charge is 0.232 e. The van der Waals surface area contributed by atoms with Crippen molar-refractivity contribution in [2.24, 2.45) is 23.5 Å². The molecule has 21 heavy (non-hydrogen) atoms. The molecule has 4 heteroatoms. The van der Waals surface area contributed by atoms with Crippen LogP contribution in [0, 0.1) is 17.8 Å². The summed E-state index contributed by atoms with van der Waals surface area (Å²) in [4.78, 5) is 14.5. The standard InChI is InChI=1S/C17H28N2OS/c18-15-2-1-3-19(10-15)16(20)11-21-17-7-12-4-13(8-17)6-14(5-12)9-17/h12-15H,1-11,18H2/t12?,13?,14?,15-,17?/m0/s1. The van der Waals surface area contributed by atoms with E-state index in [4.69, 9.17) is 5.73 Å². The largest absolute Gasteiger partial charge is 0.340 e. The number of hydrogen-bond acceptors (Lipinski definition) is 3. The Morgan fingerprint density at radius 3 is 2.33 bits per heavy atom. The minimum atomic E-state index is 0.201. The van der Waals surface area contributed by atoms with Crippen LogP contribution in [-0.2, 0) is 4.79 Å². The van der Waals surface area contributed by atoms with E-state index in [0.717, 1.165) is 43.7 Å². The molecule has 4 aliphatic carbocycles. The first-order valence-corrected chi connectivity index (χ1v) is 9.78. The van der Waals surface area contributed by atoms with E-state index in [1.165, 1.54) is 38.5 Å². The van der Waals surface area contributed by atoms with Gasteiger partial charge in [-0.15, -0.1) is 11.8 Å². The fourth-order valence-corrected chi connectivity index (χ4v) is 7.42. The number of carbonyl (C=O) groups is 1. The molecule has 4 bridgehead atoms. The van der Waals surface area contributed by atoms with Crippen molar-refractivity contribution >= 4 is 17.7 Å². The maximum Gasteiger partial charge on any atom is 0.232 e. The van der Waals surface area contributed by atoms with Crippen molar-refractivity contribution in [1.82, 2.24) is 4.90 Å². The average Bonchev–Trinajstić information content (AvgIpc) is 2.43. The Bertz CT molecular complexity index is 390. The number of hydrogen-bond donors (Lipinski definition) is 1. The van der Waals surface area contributed by atoms with Crippen LogP contribution in [0.4, 0.5) is 0 Å². The molecule has 0 spiro atoms. The first-order chi connectivity index (χ1) is 10.1. The molecule has 118 valence electrons. The van der Waals surface area contributed by atoms with Crippen LogP contribution in [0.5, 0.6) is 0 Å². The van der Waals surface area contributed by atoms with Crippen molar-refractivity contribution in [3.05, 3.63) is 0 Å². The first-order valence-electron chi connectivity index (χ1n) is 8.79. The Hall–Kier alpha value is -0.220. The van der Waals surface area contributed by atoms with Gasteiger partial charge in [0.15, 0.2) is 0 Å². The van der Waals surface area contributed by atoms with Gasteiger partial charge in [0.2, 0.25) is 5.91 Å². The highest BCUT2D eigenvalue weighted by atomic mass is 32.2. The van der Waals surface area contributed by atoms with E-state index in [1.54, 1.807) is 0 Å². The van der Waals surface area contributed by atoms with Gasteiger partial charge in [-0.25, -0.2) is 0 Å². The van der Waals surface area contributed by atoms with Crippen molar-refractivity contribution in [3.8, 4) is 0 Å². The summed E-state index contributed by atoms with van der Waals surface area (Å²) in [5, 5.41) is 0. The number of nitrogens with zero attached hydrogens (tertiary/aromatic N) is 1. The summed E-state index contributed by atoms with van der Waals surface area (Å²) in [6, 6.07) is 0.201. The van der Waals surface area contributed by atoms with Gasteiger partial charge in [0, 0.05) is 23.9 Å². The summed E-state index contributed by atoms with van der Waals surface area (Å²) in [6.45, 7) is 1.70. The van der Waals surface area contributed by atoms with Gasteiger partial charge in [-0.2, -0.15) is 0 Å². The normalized spacial score (nSPS) is 45.1. The first kappa shape index (κ1) is 14.4. The summed E-state index contributed by atoms with van der Waals surface area (Å²) in [6.07, 6.45) is 10.8. The number of amides is 1. The highest BCUT2D eigenvalue weighted by Gasteiger charge is 2.51. The van der Waals surface area contributed by atoms with Crippen molar-refractivity contribution < 1.29 is 4.79 Å². The summed E-state index contributed by atoms with van der Waals surface area (Å²) in [5.41, 5.74) is 6.00. The molecular weight excluding hydrogens is 280 g/mol. The van der Waals surface area contributed by atoms with Crippen LogP contribution in [0.1, 0.15) is 51.4 Å². The molecule has 2 N–H and O–H groups in total. The lowest BCUT2D eigenvalue weighted by atomic mass is 9.56. The molecule has 5 aliphatic rings. The number of thioether (sulfide) groups is 1. The van der Waals surface area contributed by atoms with Crippen LogP contribution in [-0.4, -0.2) is 40.4 Å². The van der Waals surface area contributed by atoms with Crippen molar-refractivity contribution in [1.29, 1.82) is 0 Å². The van der Waals surface area contributed by atoms with Crippen LogP contribution in [0.3, 0.4) is 0 Å². The van der Waals surface area contributed by atoms with Gasteiger partial charge in [0.05, 0.1) is 5.75 Å². The van der Waals surface area contributed by atoms with Crippen LogP contribution in [0.25, 0.3) is 0 Å². The number of rotatable bonds is 3. The zero-order valence-corrected chi connectivity index (χ0v) is 13.7. The van der Waals surface area contributed by atoms with Gasteiger partial charge in [-0.05, 0) is 69.1 Å². The number of carbonyl (C=O) groups excluding carboxylic acids is 1. The van der Waals surface area contributed by atoms with E-state index < -0.39 is 0 Å². The predicted molar refractivity (Wildman–Crippen MR) is 87.2 cm³/mol. The van der Waals surface area contributed by atoms with Gasteiger partial charge in [-0.1, -0.05) is 0 Å². The van der Waals surface area contributed by atoms with Crippen molar-refractivity contribution in [2.75, 3.05) is 18.8 Å². The lowest BCUT2D eigenvalue weighted by Crippen LogP contribution is -2.50. The molecule has 0 aromatic heterocycles. The summed E-state index contributed by atoms with van der Waals surface area (Å²) in [7, 11) is 0. The summed E-state index contributed by atoms with van der Waals surface area (Å²) in [5.74, 6) is 3.96. The summed E-state index contributed by atoms with van der Waals surface area (Å²) < 4.78 is 0.461. The lowest BCUT2D eigenvalue weighted by Gasteiger charge is -2.56. The number of piperidine rings is 1. The molecule has 1 saturated heterocycles. The Kier molecular flexibility index (Phi) is 3.73. The van der Waals surface area contributed by atoms with E-state index in [0.29, 0.717) is 16.4 Å². The highest BCUT2D eigenvalue weighted by Crippen LogP contribution is 2.60. The zero-order valence-electron chi connectivity index (χ0n) is 12.9. The molecule has 1 amide bonds. The average molecular weight is 308 g/mol. The van der Waals surface area contributed by atoms with Gasteiger partial charge >= 0.3 is 0 Å². The monoisotopic (exact) mass is 308 g/mol. The molecule has 3 nitrogen and oxygen atoms in total. The Morgan fingerprint density at radius 1 is 1.14 bits per heavy atom. The molecule has 0 radical (unpaired) electrons. The second-order valence-electron chi connectivity index (χ2n) is 8.13. The molecular formula is C17H28N2OS. The number of nitrogens with two attached hydrogens (primary N) is 1. The zero-order chi connectivity index (χ0) is 14.4. The molecule has 1 atom stereocenters. The van der Waals surface area contributed by atoms with Crippen LogP contribution in [0.2, 0.25) is 0 Å². The fraction of sp³-hybridized carbons (Fsp3) is 0.941. The van der Waals surface area contributed by atoms with Gasteiger partial charge in [0.25, 0.3) is 0 Å². The SMILES string of the molecule is N[C@H]1CCCN(C(=O)CSC23CC4CC(CC(C4)C2)C3)C1. The third-order valence-electron chi connectivity index (χ3n) is 6.29. The molecule has 1 heterocycles. The lowest BCUT2D eigenvalue weighted by molar-refractivity contribution is -0.129. The molecule has 0 aromatic rings. The van der Waals surface area contributed by atoms with E-state index in [-0.39, 0.29) is 6.04 Å². The van der Waals surface area contributed by atoms with E-state index >= 15 is 0 Å². The molecule has 0 aromatic carbocycles. The molecule has 0 unspecified atom stereocenters. The second kappa shape index (κ2) is 5.45. The van der Waals surface area contributed by atoms with Gasteiger partial charge < -0.3 is 10.6 Å². The van der Waals surface area contributed by atoms with Crippen LogP contribution >= 0.6 is 11.8 Å². The molecule has 5 fully saturated rings. The Morgan fingerprint density at radius 2 is 1.76 bits per heavy atom. The molecule has 5 rings (SSSR count). The van der Waals surface area contributed by atoms with E-state index in [9.17, 15) is 4.79 Å². The highest BCUT2D eigenvalue weighted by molar-refractivity contribution is 8.01. The molecule has 1 aliphatic heterocycles. The van der Waals surface area contributed by atoms with Crippen LogP contribution < -0.4 is 5.73 Å². The number of likely N-dealkylation sites (tertiary alicyclic amines) is 1. The predicted octanol–water partition coefficient (Wildman–Crippen LogP) is 2.64. The maximum absolute atomic E-state index is 12.5. The van der Waals surface area contributed by atoms with Crippen molar-refractivity contribution in [2.45, 2.75) is 62.2 Å². The van der Waals surface area contributed by atoms with Gasteiger partial charge in [0.1, 0.15) is 0 Å². The minimum Gasteiger partial charge on any atom is -0.340 e. The fourth-order valence-electron chi connectivity index (χ4n) is 5.75. The van der Waals surface area contributed by atoms with E-state index in [1.807, 2.05) is 16.7 Å². The molecule has 4 saturated carbocycles. The summed E-state index contributed by atoms with van der Waals surface area (Å²) >= 11 is 2.00. The minimum absolute atomic E-state index is 0.201. The van der Waals surface area contributed by atoms with Gasteiger partial charge in [-0.3, -0.25) is 4.79 Å². The maximum atomic E-state index is 12.5. The van der Waals surface area contributed by atoms with E-state index in [2.05, 4.69) is 0 Å².